The van der Waals surface area contributed by atoms with Crippen LogP contribution >= 0.6 is 0 Å². The average Bonchev–Trinajstić information content (AvgIpc) is 2.79. The molecule has 96 valence electrons. The van der Waals surface area contributed by atoms with Gasteiger partial charge in [-0.05, 0) is 52.4 Å². The minimum absolute atomic E-state index is 0.844. The molecular weight excluding hydrogens is 212 g/mol. The van der Waals surface area contributed by atoms with Gasteiger partial charge in [0.15, 0.2) is 0 Å². The van der Waals surface area contributed by atoms with Gasteiger partial charge in [0.2, 0.25) is 0 Å². The zero-order valence-corrected chi connectivity index (χ0v) is 11.0. The molecule has 0 saturated carbocycles. The summed E-state index contributed by atoms with van der Waals surface area (Å²) in [5.41, 5.74) is 0. The standard InChI is InChI=1S/C13H24N4/c1-3-17-9-6-15-13(17)11-14-10-12-4-7-16(2)8-5-12/h6,9,12,14H,3-5,7-8,10-11H2,1-2H3. The van der Waals surface area contributed by atoms with Crippen molar-refractivity contribution in [3.05, 3.63) is 18.2 Å². The minimum Gasteiger partial charge on any atom is -0.334 e. The van der Waals surface area contributed by atoms with Crippen LogP contribution in [0.1, 0.15) is 25.6 Å². The Morgan fingerprint density at radius 1 is 1.41 bits per heavy atom. The van der Waals surface area contributed by atoms with Crippen LogP contribution in [0.5, 0.6) is 0 Å². The molecule has 0 radical (unpaired) electrons. The van der Waals surface area contributed by atoms with Crippen LogP contribution in [-0.2, 0) is 13.1 Å². The highest BCUT2D eigenvalue weighted by molar-refractivity contribution is 4.91. The zero-order chi connectivity index (χ0) is 12.1. The van der Waals surface area contributed by atoms with E-state index in [-0.39, 0.29) is 0 Å². The first-order valence-corrected chi connectivity index (χ1v) is 6.69. The molecule has 17 heavy (non-hydrogen) atoms. The van der Waals surface area contributed by atoms with Gasteiger partial charge < -0.3 is 14.8 Å². The minimum atomic E-state index is 0.844. The molecule has 0 atom stereocenters. The summed E-state index contributed by atoms with van der Waals surface area (Å²) in [6.07, 6.45) is 6.58. The van der Waals surface area contributed by atoms with Crippen molar-refractivity contribution >= 4 is 0 Å². The topological polar surface area (TPSA) is 33.1 Å². The van der Waals surface area contributed by atoms with Gasteiger partial charge in [0.25, 0.3) is 0 Å². The summed E-state index contributed by atoms with van der Waals surface area (Å²) in [7, 11) is 2.21. The molecule has 1 aromatic heterocycles. The summed E-state index contributed by atoms with van der Waals surface area (Å²) in [5, 5.41) is 3.55. The van der Waals surface area contributed by atoms with E-state index in [1.165, 1.54) is 25.9 Å². The summed E-state index contributed by atoms with van der Waals surface area (Å²) in [5.74, 6) is 2.00. The lowest BCUT2D eigenvalue weighted by atomic mass is 9.97. The van der Waals surface area contributed by atoms with Gasteiger partial charge in [0.05, 0.1) is 6.54 Å². The molecule has 0 bridgehead atoms. The molecule has 1 saturated heterocycles. The van der Waals surface area contributed by atoms with Crippen molar-refractivity contribution in [3.63, 3.8) is 0 Å². The number of piperidine rings is 1. The first-order valence-electron chi connectivity index (χ1n) is 6.69. The highest BCUT2D eigenvalue weighted by Crippen LogP contribution is 2.14. The van der Waals surface area contributed by atoms with Gasteiger partial charge in [0, 0.05) is 18.9 Å². The molecule has 1 N–H and O–H groups in total. The summed E-state index contributed by atoms with van der Waals surface area (Å²) in [6.45, 7) is 7.68. The summed E-state index contributed by atoms with van der Waals surface area (Å²) < 4.78 is 2.20. The van der Waals surface area contributed by atoms with Crippen LogP contribution in [0.3, 0.4) is 0 Å². The normalized spacial score (nSPS) is 18.7. The number of nitrogens with zero attached hydrogens (tertiary/aromatic N) is 3. The highest BCUT2D eigenvalue weighted by Gasteiger charge is 2.16. The van der Waals surface area contributed by atoms with Crippen LogP contribution in [0.15, 0.2) is 12.4 Å². The molecule has 4 nitrogen and oxygen atoms in total. The number of nitrogens with one attached hydrogen (secondary N) is 1. The smallest absolute Gasteiger partial charge is 0.122 e. The van der Waals surface area contributed by atoms with E-state index in [2.05, 4.69) is 33.7 Å². The molecule has 1 aliphatic rings. The van der Waals surface area contributed by atoms with Gasteiger partial charge >= 0.3 is 0 Å². The molecular formula is C13H24N4. The first kappa shape index (κ1) is 12.6. The fourth-order valence-electron chi connectivity index (χ4n) is 2.45. The van der Waals surface area contributed by atoms with Crippen LogP contribution in [0.25, 0.3) is 0 Å². The number of rotatable bonds is 5. The first-order chi connectivity index (χ1) is 8.29. The quantitative estimate of drug-likeness (QED) is 0.837. The number of hydrogen-bond acceptors (Lipinski definition) is 3. The van der Waals surface area contributed by atoms with E-state index < -0.39 is 0 Å². The van der Waals surface area contributed by atoms with Gasteiger partial charge in [-0.15, -0.1) is 0 Å². The number of likely N-dealkylation sites (tertiary alicyclic amines) is 1. The Bertz CT molecular complexity index is 326. The van der Waals surface area contributed by atoms with E-state index in [4.69, 9.17) is 0 Å². The van der Waals surface area contributed by atoms with Gasteiger partial charge in [0.1, 0.15) is 5.82 Å². The van der Waals surface area contributed by atoms with Gasteiger partial charge in [-0.25, -0.2) is 4.98 Å². The number of aromatic nitrogens is 2. The second-order valence-electron chi connectivity index (χ2n) is 5.01. The molecule has 0 aliphatic carbocycles. The Balaban J connectivity index is 1.69. The molecule has 4 heteroatoms. The number of imidazole rings is 1. The van der Waals surface area contributed by atoms with Crippen molar-refractivity contribution < 1.29 is 0 Å². The van der Waals surface area contributed by atoms with Gasteiger partial charge in [-0.2, -0.15) is 0 Å². The predicted molar refractivity (Wildman–Crippen MR) is 69.8 cm³/mol. The Kier molecular flexibility index (Phi) is 4.57. The van der Waals surface area contributed by atoms with Crippen molar-refractivity contribution in [1.82, 2.24) is 19.8 Å². The second kappa shape index (κ2) is 6.17. The molecule has 2 rings (SSSR count). The Morgan fingerprint density at radius 2 is 2.18 bits per heavy atom. The van der Waals surface area contributed by atoms with Crippen LogP contribution < -0.4 is 5.32 Å². The second-order valence-corrected chi connectivity index (χ2v) is 5.01. The van der Waals surface area contributed by atoms with E-state index in [1.54, 1.807) is 0 Å². The number of hydrogen-bond donors (Lipinski definition) is 1. The van der Waals surface area contributed by atoms with Crippen molar-refractivity contribution in [2.24, 2.45) is 5.92 Å². The summed E-state index contributed by atoms with van der Waals surface area (Å²) in [4.78, 5) is 6.79. The zero-order valence-electron chi connectivity index (χ0n) is 11.0. The van der Waals surface area contributed by atoms with Crippen molar-refractivity contribution in [2.75, 3.05) is 26.7 Å². The molecule has 0 unspecified atom stereocenters. The lowest BCUT2D eigenvalue weighted by Gasteiger charge is -2.29. The molecule has 1 aromatic rings. The third kappa shape index (κ3) is 3.54. The molecule has 2 heterocycles. The third-order valence-corrected chi connectivity index (χ3v) is 3.70. The van der Waals surface area contributed by atoms with Crippen molar-refractivity contribution in [2.45, 2.75) is 32.9 Å². The van der Waals surface area contributed by atoms with Crippen LogP contribution in [-0.4, -0.2) is 41.1 Å². The monoisotopic (exact) mass is 236 g/mol. The molecule has 1 fully saturated rings. The Hall–Kier alpha value is -0.870. The van der Waals surface area contributed by atoms with Crippen LogP contribution in [0.2, 0.25) is 0 Å². The Morgan fingerprint density at radius 3 is 2.88 bits per heavy atom. The molecule has 0 spiro atoms. The Labute approximate surface area is 104 Å². The largest absolute Gasteiger partial charge is 0.334 e. The highest BCUT2D eigenvalue weighted by atomic mass is 15.1. The summed E-state index contributed by atoms with van der Waals surface area (Å²) >= 11 is 0. The maximum atomic E-state index is 4.37. The fourth-order valence-corrected chi connectivity index (χ4v) is 2.45. The SMILES string of the molecule is CCn1ccnc1CNCC1CCN(C)CC1. The molecule has 0 aromatic carbocycles. The predicted octanol–water partition coefficient (Wildman–Crippen LogP) is 1.33. The van der Waals surface area contributed by atoms with Crippen molar-refractivity contribution in [1.29, 1.82) is 0 Å². The average molecular weight is 236 g/mol. The fraction of sp³-hybridized carbons (Fsp3) is 0.769. The van der Waals surface area contributed by atoms with Gasteiger partial charge in [-0.1, -0.05) is 0 Å². The maximum Gasteiger partial charge on any atom is 0.122 e. The van der Waals surface area contributed by atoms with Crippen molar-refractivity contribution in [3.8, 4) is 0 Å². The van der Waals surface area contributed by atoms with Crippen LogP contribution in [0.4, 0.5) is 0 Å². The van der Waals surface area contributed by atoms with E-state index in [1.807, 2.05) is 12.4 Å². The van der Waals surface area contributed by atoms with Gasteiger partial charge in [-0.3, -0.25) is 0 Å². The van der Waals surface area contributed by atoms with E-state index in [0.717, 1.165) is 31.4 Å². The van der Waals surface area contributed by atoms with Crippen LogP contribution in [0, 0.1) is 5.92 Å². The van der Waals surface area contributed by atoms with E-state index >= 15 is 0 Å². The number of aryl methyl sites for hydroxylation is 1. The van der Waals surface area contributed by atoms with E-state index in [9.17, 15) is 0 Å². The lowest BCUT2D eigenvalue weighted by Crippen LogP contribution is -2.35. The maximum absolute atomic E-state index is 4.37. The molecule has 1 aliphatic heterocycles. The van der Waals surface area contributed by atoms with E-state index in [0.29, 0.717) is 0 Å². The summed E-state index contributed by atoms with van der Waals surface area (Å²) in [6, 6.07) is 0. The molecule has 0 amide bonds. The lowest BCUT2D eigenvalue weighted by molar-refractivity contribution is 0.215. The third-order valence-electron chi connectivity index (χ3n) is 3.70.